The quantitative estimate of drug-likeness (QED) is 0.797. The van der Waals surface area contributed by atoms with Crippen LogP contribution in [0.25, 0.3) is 0 Å². The van der Waals surface area contributed by atoms with E-state index in [0.29, 0.717) is 13.0 Å². The Hall–Kier alpha value is -1.84. The summed E-state index contributed by atoms with van der Waals surface area (Å²) >= 11 is 0. The van der Waals surface area contributed by atoms with Crippen LogP contribution in [-0.4, -0.2) is 35.5 Å². The zero-order valence-corrected chi connectivity index (χ0v) is 13.2. The molecule has 1 aromatic rings. The van der Waals surface area contributed by atoms with Gasteiger partial charge in [0, 0.05) is 12.5 Å². The maximum Gasteiger partial charge on any atom is 0.410 e. The minimum absolute atomic E-state index is 0.0796. The van der Waals surface area contributed by atoms with Crippen molar-refractivity contribution in [3.8, 4) is 0 Å². The Morgan fingerprint density at radius 1 is 1.24 bits per heavy atom. The molecule has 114 valence electrons. The number of piperidine rings is 1. The van der Waals surface area contributed by atoms with Crippen molar-refractivity contribution in [1.82, 2.24) is 4.90 Å². The Kier molecular flexibility index (Phi) is 4.35. The van der Waals surface area contributed by atoms with Crippen LogP contribution < -0.4 is 0 Å². The number of Topliss-reactive ketones (excluding diaryl/α,β-unsaturated/α-hetero) is 1. The monoisotopic (exact) mass is 289 g/mol. The van der Waals surface area contributed by atoms with Gasteiger partial charge in [-0.25, -0.2) is 4.79 Å². The summed E-state index contributed by atoms with van der Waals surface area (Å²) in [6, 6.07) is 8.04. The van der Waals surface area contributed by atoms with E-state index < -0.39 is 11.7 Å². The Morgan fingerprint density at radius 2 is 1.86 bits per heavy atom. The number of hydrogen-bond acceptors (Lipinski definition) is 3. The summed E-state index contributed by atoms with van der Waals surface area (Å²) in [4.78, 5) is 25.8. The van der Waals surface area contributed by atoms with Gasteiger partial charge in [-0.1, -0.05) is 29.8 Å². The molecule has 4 nitrogen and oxygen atoms in total. The number of hydrogen-bond donors (Lipinski definition) is 0. The molecule has 1 saturated heterocycles. The normalized spacial score (nSPS) is 19.5. The number of likely N-dealkylation sites (tertiary alicyclic amines) is 1. The maximum absolute atomic E-state index is 12.3. The summed E-state index contributed by atoms with van der Waals surface area (Å²) in [6.07, 6.45) is 0.249. The lowest BCUT2D eigenvalue weighted by Crippen LogP contribution is -2.45. The molecular weight excluding hydrogens is 266 g/mol. The number of ether oxygens (including phenoxy) is 1. The lowest BCUT2D eigenvalue weighted by molar-refractivity contribution is -0.123. The molecule has 1 fully saturated rings. The van der Waals surface area contributed by atoms with Gasteiger partial charge in [0.15, 0.2) is 5.78 Å². The number of benzene rings is 1. The fourth-order valence-electron chi connectivity index (χ4n) is 2.46. The van der Waals surface area contributed by atoms with Crippen LogP contribution in [0.4, 0.5) is 4.79 Å². The van der Waals surface area contributed by atoms with Gasteiger partial charge in [0.1, 0.15) is 5.60 Å². The van der Waals surface area contributed by atoms with E-state index in [1.165, 1.54) is 10.5 Å². The highest BCUT2D eigenvalue weighted by atomic mass is 16.6. The van der Waals surface area contributed by atoms with Crippen molar-refractivity contribution < 1.29 is 14.3 Å². The fourth-order valence-corrected chi connectivity index (χ4v) is 2.46. The number of carbonyl (C=O) groups is 2. The molecule has 1 heterocycles. The Bertz CT molecular complexity index is 528. The maximum atomic E-state index is 12.3. The van der Waals surface area contributed by atoms with Crippen LogP contribution in [0, 0.1) is 6.92 Å². The average molecular weight is 289 g/mol. The van der Waals surface area contributed by atoms with E-state index in [0.717, 1.165) is 5.56 Å². The smallest absolute Gasteiger partial charge is 0.410 e. The van der Waals surface area contributed by atoms with Crippen molar-refractivity contribution in [2.24, 2.45) is 0 Å². The summed E-state index contributed by atoms with van der Waals surface area (Å²) in [5.41, 5.74) is 1.68. The molecule has 2 rings (SSSR count). The van der Waals surface area contributed by atoms with Gasteiger partial charge in [-0.2, -0.15) is 0 Å². The van der Waals surface area contributed by atoms with Crippen molar-refractivity contribution in [2.75, 3.05) is 13.1 Å². The van der Waals surface area contributed by atoms with E-state index >= 15 is 0 Å². The van der Waals surface area contributed by atoms with E-state index in [-0.39, 0.29) is 18.2 Å². The number of amides is 1. The van der Waals surface area contributed by atoms with Crippen LogP contribution in [0.5, 0.6) is 0 Å². The van der Waals surface area contributed by atoms with Crippen molar-refractivity contribution in [3.05, 3.63) is 35.4 Å². The second kappa shape index (κ2) is 5.88. The molecule has 0 radical (unpaired) electrons. The third-order valence-corrected chi connectivity index (χ3v) is 3.55. The van der Waals surface area contributed by atoms with Crippen LogP contribution in [0.2, 0.25) is 0 Å². The molecule has 0 unspecified atom stereocenters. The summed E-state index contributed by atoms with van der Waals surface area (Å²) in [6.45, 7) is 8.19. The minimum atomic E-state index is -0.534. The SMILES string of the molecule is Cc1ccc([C@@H]2CCN(C(=O)OC(C)(C)C)CC2=O)cc1. The number of carbonyl (C=O) groups excluding carboxylic acids is 2. The van der Waals surface area contributed by atoms with Gasteiger partial charge in [0.05, 0.1) is 6.54 Å². The standard InChI is InChI=1S/C17H23NO3/c1-12-5-7-13(8-6-12)14-9-10-18(11-15(14)19)16(20)21-17(2,3)4/h5-8,14H,9-11H2,1-4H3/t14-/m0/s1. The Balaban J connectivity index is 2.01. The van der Waals surface area contributed by atoms with Crippen molar-refractivity contribution in [1.29, 1.82) is 0 Å². The van der Waals surface area contributed by atoms with Crippen LogP contribution in [0.15, 0.2) is 24.3 Å². The van der Waals surface area contributed by atoms with Gasteiger partial charge in [0.25, 0.3) is 0 Å². The summed E-state index contributed by atoms with van der Waals surface area (Å²) in [5, 5.41) is 0. The molecular formula is C17H23NO3. The average Bonchev–Trinajstić information content (AvgIpc) is 2.38. The zero-order valence-electron chi connectivity index (χ0n) is 13.2. The highest BCUT2D eigenvalue weighted by molar-refractivity contribution is 5.90. The van der Waals surface area contributed by atoms with Gasteiger partial charge in [0.2, 0.25) is 0 Å². The Labute approximate surface area is 126 Å². The number of rotatable bonds is 1. The second-order valence-corrected chi connectivity index (χ2v) is 6.62. The lowest BCUT2D eigenvalue weighted by atomic mass is 9.88. The largest absolute Gasteiger partial charge is 0.444 e. The summed E-state index contributed by atoms with van der Waals surface area (Å²) in [7, 11) is 0. The molecule has 0 spiro atoms. The van der Waals surface area contributed by atoms with Gasteiger partial charge in [-0.05, 0) is 39.7 Å². The van der Waals surface area contributed by atoms with Crippen LogP contribution in [-0.2, 0) is 9.53 Å². The first-order valence-electron chi connectivity index (χ1n) is 7.33. The van der Waals surface area contributed by atoms with Crippen molar-refractivity contribution in [2.45, 2.75) is 45.6 Å². The highest BCUT2D eigenvalue weighted by Crippen LogP contribution is 2.26. The van der Waals surface area contributed by atoms with Crippen LogP contribution in [0.3, 0.4) is 0 Å². The predicted molar refractivity (Wildman–Crippen MR) is 81.4 cm³/mol. The van der Waals surface area contributed by atoms with E-state index in [1.807, 2.05) is 52.0 Å². The number of ketones is 1. The molecule has 0 aliphatic carbocycles. The number of aryl methyl sites for hydroxylation is 1. The first kappa shape index (κ1) is 15.5. The molecule has 0 bridgehead atoms. The second-order valence-electron chi connectivity index (χ2n) is 6.62. The molecule has 21 heavy (non-hydrogen) atoms. The topological polar surface area (TPSA) is 46.6 Å². The van der Waals surface area contributed by atoms with Gasteiger partial charge >= 0.3 is 6.09 Å². The summed E-state index contributed by atoms with van der Waals surface area (Å²) < 4.78 is 5.32. The molecule has 1 aliphatic heterocycles. The van der Waals surface area contributed by atoms with E-state index in [2.05, 4.69) is 0 Å². The first-order valence-corrected chi connectivity index (χ1v) is 7.33. The van der Waals surface area contributed by atoms with E-state index in [1.54, 1.807) is 0 Å². The summed E-state index contributed by atoms with van der Waals surface area (Å²) in [5.74, 6) is -0.0275. The molecule has 1 atom stereocenters. The zero-order chi connectivity index (χ0) is 15.6. The molecule has 0 N–H and O–H groups in total. The predicted octanol–water partition coefficient (Wildman–Crippen LogP) is 3.29. The first-order chi connectivity index (χ1) is 9.76. The van der Waals surface area contributed by atoms with Crippen molar-refractivity contribution >= 4 is 11.9 Å². The molecule has 1 aliphatic rings. The third kappa shape index (κ3) is 4.06. The third-order valence-electron chi connectivity index (χ3n) is 3.55. The molecule has 1 amide bonds. The lowest BCUT2D eigenvalue weighted by Gasteiger charge is -2.32. The molecule has 4 heteroatoms. The fraction of sp³-hybridized carbons (Fsp3) is 0.529. The van der Waals surface area contributed by atoms with Gasteiger partial charge in [-0.3, -0.25) is 4.79 Å². The molecule has 1 aromatic carbocycles. The minimum Gasteiger partial charge on any atom is -0.444 e. The molecule has 0 aromatic heterocycles. The van der Waals surface area contributed by atoms with Crippen LogP contribution >= 0.6 is 0 Å². The van der Waals surface area contributed by atoms with Gasteiger partial charge < -0.3 is 9.64 Å². The van der Waals surface area contributed by atoms with E-state index in [9.17, 15) is 9.59 Å². The van der Waals surface area contributed by atoms with Crippen molar-refractivity contribution in [3.63, 3.8) is 0 Å². The molecule has 0 saturated carbocycles. The highest BCUT2D eigenvalue weighted by Gasteiger charge is 2.32. The van der Waals surface area contributed by atoms with E-state index in [4.69, 9.17) is 4.74 Å². The Morgan fingerprint density at radius 3 is 2.38 bits per heavy atom. The van der Waals surface area contributed by atoms with Gasteiger partial charge in [-0.15, -0.1) is 0 Å². The van der Waals surface area contributed by atoms with Crippen LogP contribution in [0.1, 0.15) is 44.2 Å². The number of nitrogens with zero attached hydrogens (tertiary/aromatic N) is 1.